The van der Waals surface area contributed by atoms with E-state index < -0.39 is 0 Å². The number of hydrogen-bond acceptors (Lipinski definition) is 3. The summed E-state index contributed by atoms with van der Waals surface area (Å²) in [5.41, 5.74) is 4.79. The van der Waals surface area contributed by atoms with Crippen LogP contribution in [-0.4, -0.2) is 4.98 Å². The van der Waals surface area contributed by atoms with Gasteiger partial charge in [-0.05, 0) is 18.6 Å². The molecule has 0 aliphatic carbocycles. The van der Waals surface area contributed by atoms with Crippen LogP contribution >= 0.6 is 11.3 Å². The maximum Gasteiger partial charge on any atom is 0.134 e. The molecular formula is C19H14N2S. The fourth-order valence-corrected chi connectivity index (χ4v) is 2.90. The molecule has 3 heteroatoms. The number of thiazole rings is 1. The van der Waals surface area contributed by atoms with E-state index in [-0.39, 0.29) is 0 Å². The Bertz CT molecular complexity index is 837. The Morgan fingerprint density at radius 2 is 1.82 bits per heavy atom. The molecule has 22 heavy (non-hydrogen) atoms. The van der Waals surface area contributed by atoms with Gasteiger partial charge < -0.3 is 0 Å². The molecule has 0 aliphatic heterocycles. The summed E-state index contributed by atoms with van der Waals surface area (Å²) in [4.78, 5) is 4.59. The van der Waals surface area contributed by atoms with E-state index >= 15 is 0 Å². The highest BCUT2D eigenvalue weighted by Gasteiger charge is 2.08. The Morgan fingerprint density at radius 1 is 1.09 bits per heavy atom. The lowest BCUT2D eigenvalue weighted by molar-refractivity contribution is 1.37. The first-order valence-electron chi connectivity index (χ1n) is 6.96. The van der Waals surface area contributed by atoms with Crippen LogP contribution < -0.4 is 0 Å². The first-order valence-corrected chi connectivity index (χ1v) is 7.84. The zero-order valence-electron chi connectivity index (χ0n) is 12.2. The molecule has 0 amide bonds. The molecule has 0 atom stereocenters. The van der Waals surface area contributed by atoms with Crippen LogP contribution in [0, 0.1) is 18.3 Å². The zero-order chi connectivity index (χ0) is 15.4. The van der Waals surface area contributed by atoms with Crippen LogP contribution in [0.1, 0.15) is 16.1 Å². The molecule has 2 nitrogen and oxygen atoms in total. The average Bonchev–Trinajstić information content (AvgIpc) is 3.05. The molecule has 0 N–H and O–H groups in total. The lowest BCUT2D eigenvalue weighted by Crippen LogP contribution is -1.83. The number of aromatic nitrogens is 1. The molecule has 3 rings (SSSR count). The first kappa shape index (κ1) is 14.2. The van der Waals surface area contributed by atoms with Gasteiger partial charge in [0.1, 0.15) is 11.1 Å². The van der Waals surface area contributed by atoms with Crippen molar-refractivity contribution in [3.8, 4) is 17.3 Å². The second kappa shape index (κ2) is 6.38. The molecule has 0 bridgehead atoms. The van der Waals surface area contributed by atoms with E-state index in [1.165, 1.54) is 16.9 Å². The van der Waals surface area contributed by atoms with Crippen molar-refractivity contribution in [3.05, 3.63) is 76.1 Å². The van der Waals surface area contributed by atoms with Crippen molar-refractivity contribution in [2.24, 2.45) is 0 Å². The zero-order valence-corrected chi connectivity index (χ0v) is 13.0. The summed E-state index contributed by atoms with van der Waals surface area (Å²) in [5.74, 6) is 0. The van der Waals surface area contributed by atoms with Gasteiger partial charge in [0.15, 0.2) is 0 Å². The summed E-state index contributed by atoms with van der Waals surface area (Å²) in [7, 11) is 0. The number of benzene rings is 2. The smallest absolute Gasteiger partial charge is 0.134 e. The molecule has 0 radical (unpaired) electrons. The molecule has 0 saturated heterocycles. The van der Waals surface area contributed by atoms with Crippen molar-refractivity contribution >= 4 is 23.0 Å². The molecule has 0 fully saturated rings. The molecule has 2 aromatic carbocycles. The van der Waals surface area contributed by atoms with Gasteiger partial charge in [-0.2, -0.15) is 5.26 Å². The van der Waals surface area contributed by atoms with Crippen LogP contribution in [0.5, 0.6) is 0 Å². The van der Waals surface area contributed by atoms with E-state index in [0.29, 0.717) is 5.57 Å². The summed E-state index contributed by atoms with van der Waals surface area (Å²) in [5, 5.41) is 12.2. The fraction of sp³-hybridized carbons (Fsp3) is 0.0526. The average molecular weight is 302 g/mol. The number of aryl methyl sites for hydroxylation is 1. The molecule has 0 aliphatic rings. The largest absolute Gasteiger partial charge is 0.235 e. The summed E-state index contributed by atoms with van der Waals surface area (Å²) in [6.45, 7) is 2.05. The van der Waals surface area contributed by atoms with Crippen LogP contribution in [0.15, 0.2) is 60.0 Å². The number of hydrogen-bond donors (Lipinski definition) is 0. The molecule has 106 valence electrons. The van der Waals surface area contributed by atoms with E-state index in [2.05, 4.69) is 11.1 Å². The number of nitrogens with zero attached hydrogens (tertiary/aromatic N) is 2. The third kappa shape index (κ3) is 3.13. The van der Waals surface area contributed by atoms with Gasteiger partial charge >= 0.3 is 0 Å². The van der Waals surface area contributed by atoms with Gasteiger partial charge in [-0.3, -0.25) is 0 Å². The van der Waals surface area contributed by atoms with Crippen molar-refractivity contribution in [2.45, 2.75) is 6.92 Å². The van der Waals surface area contributed by atoms with Crippen LogP contribution in [0.25, 0.3) is 22.9 Å². The minimum atomic E-state index is 0.594. The minimum absolute atomic E-state index is 0.594. The topological polar surface area (TPSA) is 36.7 Å². The third-order valence-electron chi connectivity index (χ3n) is 3.31. The highest BCUT2D eigenvalue weighted by molar-refractivity contribution is 7.11. The van der Waals surface area contributed by atoms with Crippen molar-refractivity contribution in [2.75, 3.05) is 0 Å². The van der Waals surface area contributed by atoms with Crippen LogP contribution in [0.4, 0.5) is 0 Å². The van der Waals surface area contributed by atoms with Crippen LogP contribution in [0.2, 0.25) is 0 Å². The maximum absolute atomic E-state index is 9.42. The molecule has 0 spiro atoms. The molecule has 3 aromatic rings. The Balaban J connectivity index is 1.94. The van der Waals surface area contributed by atoms with Gasteiger partial charge in [-0.1, -0.05) is 60.2 Å². The SMILES string of the molecule is Cc1ccc(/C=C(/C#N)c2nc(-c3ccccc3)cs2)cc1. The Kier molecular flexibility index (Phi) is 4.13. The lowest BCUT2D eigenvalue weighted by atomic mass is 10.1. The first-order chi connectivity index (χ1) is 10.8. The normalized spacial score (nSPS) is 11.2. The standard InChI is InChI=1S/C19H14N2S/c1-14-7-9-15(10-8-14)11-17(12-20)19-21-18(13-22-19)16-5-3-2-4-6-16/h2-11,13H,1H3/b17-11-. The van der Waals surface area contributed by atoms with E-state index in [1.54, 1.807) is 0 Å². The van der Waals surface area contributed by atoms with E-state index in [0.717, 1.165) is 21.8 Å². The summed E-state index contributed by atoms with van der Waals surface area (Å²) < 4.78 is 0. The quantitative estimate of drug-likeness (QED) is 0.625. The van der Waals surface area contributed by atoms with Gasteiger partial charge in [0.05, 0.1) is 11.3 Å². The van der Waals surface area contributed by atoms with Crippen molar-refractivity contribution in [1.82, 2.24) is 4.98 Å². The molecular weight excluding hydrogens is 288 g/mol. The van der Waals surface area contributed by atoms with Gasteiger partial charge in [0, 0.05) is 10.9 Å². The maximum atomic E-state index is 9.42. The predicted molar refractivity (Wildman–Crippen MR) is 92.2 cm³/mol. The van der Waals surface area contributed by atoms with Crippen molar-refractivity contribution < 1.29 is 0 Å². The van der Waals surface area contributed by atoms with Gasteiger partial charge in [0.2, 0.25) is 0 Å². The highest BCUT2D eigenvalue weighted by Crippen LogP contribution is 2.27. The van der Waals surface area contributed by atoms with E-state index in [4.69, 9.17) is 0 Å². The number of rotatable bonds is 3. The number of allylic oxidation sites excluding steroid dienone is 1. The number of nitriles is 1. The molecule has 0 saturated carbocycles. The van der Waals surface area contributed by atoms with Gasteiger partial charge in [0.25, 0.3) is 0 Å². The van der Waals surface area contributed by atoms with Crippen molar-refractivity contribution in [1.29, 1.82) is 5.26 Å². The Labute approximate surface area is 134 Å². The molecule has 1 aromatic heterocycles. The third-order valence-corrected chi connectivity index (χ3v) is 4.19. The van der Waals surface area contributed by atoms with E-state index in [1.807, 2.05) is 73.0 Å². The van der Waals surface area contributed by atoms with Gasteiger partial charge in [-0.15, -0.1) is 11.3 Å². The highest BCUT2D eigenvalue weighted by atomic mass is 32.1. The van der Waals surface area contributed by atoms with Crippen LogP contribution in [0.3, 0.4) is 0 Å². The second-order valence-electron chi connectivity index (χ2n) is 4.98. The van der Waals surface area contributed by atoms with Crippen molar-refractivity contribution in [3.63, 3.8) is 0 Å². The second-order valence-corrected chi connectivity index (χ2v) is 5.84. The Morgan fingerprint density at radius 3 is 2.50 bits per heavy atom. The fourth-order valence-electron chi connectivity index (χ4n) is 2.11. The minimum Gasteiger partial charge on any atom is -0.235 e. The van der Waals surface area contributed by atoms with E-state index in [9.17, 15) is 5.26 Å². The van der Waals surface area contributed by atoms with Gasteiger partial charge in [-0.25, -0.2) is 4.98 Å². The monoisotopic (exact) mass is 302 g/mol. The summed E-state index contributed by atoms with van der Waals surface area (Å²) in [6.07, 6.45) is 1.88. The predicted octanol–water partition coefficient (Wildman–Crippen LogP) is 5.18. The van der Waals surface area contributed by atoms with Crippen LogP contribution in [-0.2, 0) is 0 Å². The molecule has 1 heterocycles. The molecule has 0 unspecified atom stereocenters. The lowest BCUT2D eigenvalue weighted by Gasteiger charge is -1.97. The summed E-state index contributed by atoms with van der Waals surface area (Å²) >= 11 is 1.50. The Hall–Kier alpha value is -2.70. The summed E-state index contributed by atoms with van der Waals surface area (Å²) in [6, 6.07) is 20.4.